The van der Waals surface area contributed by atoms with Gasteiger partial charge in [-0.1, -0.05) is 6.92 Å². The zero-order valence-electron chi connectivity index (χ0n) is 11.1. The fourth-order valence-corrected chi connectivity index (χ4v) is 2.79. The normalized spacial score (nSPS) is 10.4. The highest BCUT2D eigenvalue weighted by atomic mass is 32.1. The summed E-state index contributed by atoms with van der Waals surface area (Å²) >= 11 is 1.66. The molecule has 2 rings (SSSR count). The second-order valence-corrected chi connectivity index (χ2v) is 5.31. The first-order valence-corrected chi connectivity index (χ1v) is 7.05. The van der Waals surface area contributed by atoms with Gasteiger partial charge < -0.3 is 11.1 Å². The van der Waals surface area contributed by atoms with Gasteiger partial charge in [-0.25, -0.2) is 0 Å². The molecule has 2 heterocycles. The third-order valence-electron chi connectivity index (χ3n) is 2.98. The van der Waals surface area contributed by atoms with E-state index in [-0.39, 0.29) is 5.91 Å². The molecule has 1 amide bonds. The molecule has 0 aromatic carbocycles. The molecule has 0 aliphatic carbocycles. The molecule has 0 bridgehead atoms. The van der Waals surface area contributed by atoms with Gasteiger partial charge in [0.2, 0.25) is 0 Å². The Morgan fingerprint density at radius 2 is 2.32 bits per heavy atom. The van der Waals surface area contributed by atoms with Crippen LogP contribution in [-0.4, -0.2) is 10.9 Å². The van der Waals surface area contributed by atoms with Gasteiger partial charge in [-0.15, -0.1) is 11.3 Å². The maximum Gasteiger partial charge on any atom is 0.253 e. The number of hydrogen-bond acceptors (Lipinski definition) is 4. The average Bonchev–Trinajstić information content (AvgIpc) is 2.86. The molecule has 2 aromatic rings. The highest BCUT2D eigenvalue weighted by molar-refractivity contribution is 7.10. The van der Waals surface area contributed by atoms with Crippen LogP contribution >= 0.6 is 11.3 Å². The predicted molar refractivity (Wildman–Crippen MR) is 78.3 cm³/mol. The zero-order chi connectivity index (χ0) is 13.8. The third kappa shape index (κ3) is 3.12. The molecule has 0 radical (unpaired) electrons. The lowest BCUT2D eigenvalue weighted by Crippen LogP contribution is -2.24. The zero-order valence-corrected chi connectivity index (χ0v) is 11.9. The summed E-state index contributed by atoms with van der Waals surface area (Å²) in [6.45, 7) is 4.46. The summed E-state index contributed by atoms with van der Waals surface area (Å²) < 4.78 is 0. The highest BCUT2D eigenvalue weighted by Gasteiger charge is 2.11. The Hall–Kier alpha value is -1.88. The highest BCUT2D eigenvalue weighted by Crippen LogP contribution is 2.17. The first-order valence-electron chi connectivity index (χ1n) is 6.17. The van der Waals surface area contributed by atoms with Crippen molar-refractivity contribution in [3.05, 3.63) is 45.4 Å². The molecule has 0 atom stereocenters. The Morgan fingerprint density at radius 3 is 3.05 bits per heavy atom. The summed E-state index contributed by atoms with van der Waals surface area (Å²) in [6, 6.07) is 3.76. The summed E-state index contributed by atoms with van der Waals surface area (Å²) in [5.41, 5.74) is 8.67. The number of carbonyl (C=O) groups excluding carboxylic acids is 1. The molecule has 0 saturated carbocycles. The lowest BCUT2D eigenvalue weighted by molar-refractivity contribution is 0.0950. The monoisotopic (exact) mass is 275 g/mol. The standard InChI is InChI=1S/C14H17N3OS/c1-3-10-4-5-19-13(10)8-17-14(18)12-6-11(15)7-16-9(12)2/h4-7H,3,8,15H2,1-2H3,(H,17,18). The van der Waals surface area contributed by atoms with Gasteiger partial charge in [0.15, 0.2) is 0 Å². The molecule has 0 unspecified atom stereocenters. The van der Waals surface area contributed by atoms with E-state index >= 15 is 0 Å². The lowest BCUT2D eigenvalue weighted by Gasteiger charge is -2.08. The number of nitrogens with one attached hydrogen (secondary N) is 1. The van der Waals surface area contributed by atoms with Crippen LogP contribution in [0.25, 0.3) is 0 Å². The number of amides is 1. The van der Waals surface area contributed by atoms with E-state index in [2.05, 4.69) is 23.3 Å². The van der Waals surface area contributed by atoms with E-state index in [0.717, 1.165) is 6.42 Å². The smallest absolute Gasteiger partial charge is 0.253 e. The van der Waals surface area contributed by atoms with E-state index in [9.17, 15) is 4.79 Å². The Morgan fingerprint density at radius 1 is 1.53 bits per heavy atom. The number of hydrogen-bond donors (Lipinski definition) is 2. The van der Waals surface area contributed by atoms with Crippen LogP contribution in [0.4, 0.5) is 5.69 Å². The van der Waals surface area contributed by atoms with Crippen LogP contribution in [0.15, 0.2) is 23.7 Å². The van der Waals surface area contributed by atoms with Crippen molar-refractivity contribution < 1.29 is 4.79 Å². The maximum atomic E-state index is 12.1. The Kier molecular flexibility index (Phi) is 4.16. The van der Waals surface area contributed by atoms with Gasteiger partial charge in [0.1, 0.15) is 0 Å². The van der Waals surface area contributed by atoms with E-state index in [0.29, 0.717) is 23.5 Å². The number of nitrogens with zero attached hydrogens (tertiary/aromatic N) is 1. The van der Waals surface area contributed by atoms with Crippen LogP contribution < -0.4 is 11.1 Å². The number of nitrogen functional groups attached to an aromatic ring is 1. The van der Waals surface area contributed by atoms with Crippen molar-refractivity contribution in [2.24, 2.45) is 0 Å². The fraction of sp³-hybridized carbons (Fsp3) is 0.286. The predicted octanol–water partition coefficient (Wildman–Crippen LogP) is 2.53. The average molecular weight is 275 g/mol. The van der Waals surface area contributed by atoms with E-state index < -0.39 is 0 Å². The largest absolute Gasteiger partial charge is 0.397 e. The van der Waals surface area contributed by atoms with Crippen molar-refractivity contribution in [1.29, 1.82) is 0 Å². The minimum Gasteiger partial charge on any atom is -0.397 e. The van der Waals surface area contributed by atoms with Gasteiger partial charge in [-0.05, 0) is 36.4 Å². The number of aryl methyl sites for hydroxylation is 2. The van der Waals surface area contributed by atoms with Crippen LogP contribution in [0.5, 0.6) is 0 Å². The summed E-state index contributed by atoms with van der Waals surface area (Å²) in [5, 5.41) is 4.97. The molecular weight excluding hydrogens is 258 g/mol. The molecule has 0 saturated heterocycles. The van der Waals surface area contributed by atoms with Crippen LogP contribution in [0.2, 0.25) is 0 Å². The van der Waals surface area contributed by atoms with E-state index in [4.69, 9.17) is 5.73 Å². The molecule has 0 aliphatic rings. The van der Waals surface area contributed by atoms with Crippen LogP contribution in [0, 0.1) is 6.92 Å². The molecule has 3 N–H and O–H groups in total. The topological polar surface area (TPSA) is 68.0 Å². The van der Waals surface area contributed by atoms with Crippen molar-refractivity contribution in [3.8, 4) is 0 Å². The minimum atomic E-state index is -0.132. The Balaban J connectivity index is 2.07. The first-order chi connectivity index (χ1) is 9.11. The first kappa shape index (κ1) is 13.5. The second kappa shape index (κ2) is 5.84. The minimum absolute atomic E-state index is 0.132. The maximum absolute atomic E-state index is 12.1. The van der Waals surface area contributed by atoms with E-state index in [1.54, 1.807) is 30.5 Å². The molecule has 4 nitrogen and oxygen atoms in total. The van der Waals surface area contributed by atoms with Crippen molar-refractivity contribution in [2.45, 2.75) is 26.8 Å². The van der Waals surface area contributed by atoms with Gasteiger partial charge >= 0.3 is 0 Å². The second-order valence-electron chi connectivity index (χ2n) is 4.31. The van der Waals surface area contributed by atoms with Gasteiger partial charge in [0.25, 0.3) is 5.91 Å². The van der Waals surface area contributed by atoms with E-state index in [1.165, 1.54) is 10.4 Å². The SMILES string of the molecule is CCc1ccsc1CNC(=O)c1cc(N)cnc1C. The Bertz CT molecular complexity index is 592. The summed E-state index contributed by atoms with van der Waals surface area (Å²) in [6.07, 6.45) is 2.54. The quantitative estimate of drug-likeness (QED) is 0.901. The van der Waals surface area contributed by atoms with Gasteiger partial charge in [-0.3, -0.25) is 9.78 Å². The molecule has 5 heteroatoms. The van der Waals surface area contributed by atoms with Crippen molar-refractivity contribution in [2.75, 3.05) is 5.73 Å². The van der Waals surface area contributed by atoms with Gasteiger partial charge in [0, 0.05) is 4.88 Å². The molecule has 0 spiro atoms. The number of nitrogens with two attached hydrogens (primary N) is 1. The number of pyridine rings is 1. The molecule has 2 aromatic heterocycles. The number of thiophene rings is 1. The molecule has 100 valence electrons. The van der Waals surface area contributed by atoms with Crippen LogP contribution in [0.1, 0.15) is 33.4 Å². The van der Waals surface area contributed by atoms with Crippen molar-refractivity contribution >= 4 is 22.9 Å². The molecule has 0 fully saturated rings. The molecule has 19 heavy (non-hydrogen) atoms. The summed E-state index contributed by atoms with van der Waals surface area (Å²) in [5.74, 6) is -0.132. The summed E-state index contributed by atoms with van der Waals surface area (Å²) in [4.78, 5) is 17.4. The number of aromatic nitrogens is 1. The van der Waals surface area contributed by atoms with Gasteiger partial charge in [0.05, 0.1) is 29.7 Å². The van der Waals surface area contributed by atoms with Gasteiger partial charge in [-0.2, -0.15) is 0 Å². The van der Waals surface area contributed by atoms with Crippen LogP contribution in [0.3, 0.4) is 0 Å². The number of anilines is 1. The van der Waals surface area contributed by atoms with Crippen molar-refractivity contribution in [1.82, 2.24) is 10.3 Å². The molecule has 0 aliphatic heterocycles. The fourth-order valence-electron chi connectivity index (χ4n) is 1.87. The third-order valence-corrected chi connectivity index (χ3v) is 3.94. The van der Waals surface area contributed by atoms with Crippen molar-refractivity contribution in [3.63, 3.8) is 0 Å². The summed E-state index contributed by atoms with van der Waals surface area (Å²) in [7, 11) is 0. The number of carbonyl (C=O) groups is 1. The molecular formula is C14H17N3OS. The lowest BCUT2D eigenvalue weighted by atomic mass is 10.1. The van der Waals surface area contributed by atoms with Crippen LogP contribution in [-0.2, 0) is 13.0 Å². The van der Waals surface area contributed by atoms with E-state index in [1.807, 2.05) is 5.38 Å². The Labute approximate surface area is 116 Å². The number of rotatable bonds is 4.